The fourth-order valence-electron chi connectivity index (χ4n) is 10.1. The smallest absolute Gasteiger partial charge is 0.328 e. The zero-order valence-electron chi connectivity index (χ0n) is 58.2. The van der Waals surface area contributed by atoms with Crippen LogP contribution in [0.3, 0.4) is 0 Å². The van der Waals surface area contributed by atoms with Crippen LogP contribution in [0.5, 0.6) is 5.75 Å². The quantitative estimate of drug-likeness (QED) is 0.0294. The number of benzene rings is 1. The van der Waals surface area contributed by atoms with Gasteiger partial charge in [-0.25, -0.2) is 4.79 Å². The van der Waals surface area contributed by atoms with Gasteiger partial charge in [-0.2, -0.15) is 23.5 Å². The molecule has 1 aromatic carbocycles. The van der Waals surface area contributed by atoms with Gasteiger partial charge in [0.2, 0.25) is 70.9 Å². The van der Waals surface area contributed by atoms with E-state index in [2.05, 4.69) is 53.2 Å². The molecule has 2 rings (SSSR count). The van der Waals surface area contributed by atoms with Gasteiger partial charge in [-0.1, -0.05) is 53.7 Å². The first-order chi connectivity index (χ1) is 46.7. The third-order valence-electron chi connectivity index (χ3n) is 16.0. The molecule has 12 amide bonds. The molecular weight excluding hydrogens is 1350 g/mol. The maximum atomic E-state index is 14.3. The molecule has 0 aromatic heterocycles. The Bertz CT molecular complexity index is 3010. The lowest BCUT2D eigenvalue weighted by Gasteiger charge is -2.32. The molecule has 0 spiro atoms. The molecule has 562 valence electrons. The average molecular weight is 1460 g/mol. The standard InChI is InChI=1S/C63H101N13O22S2/c1-28(2)46(73-60(94)48(30(5)6)72-56(90)42-14-13-23-76(42)62(96)41(70-57(91)45(64)32(8)77)26-35-15-17-36(80)18-16-35)58(92)65-31(7)51(85)66-37(19-20-43(81)82)52(86)67-38(21-24-99-11)54(88)74-49(33(9)78)61(95)68-39(22-25-100-12)53(87)71-47(29(3)4)59(93)69-40(27-44(83)84)55(89)75-50(34(10)79)63(97)98/h15-18,28-34,37-42,45-50,77-80H,13-14,19-27,64H2,1-12H3,(H,65,92)(H,66,85)(H,67,86)(H,68,95)(H,69,93)(H,70,91)(H,71,87)(H,72,90)(H,73,94)(H,74,88)(H,75,89)(H,81,82)(H,83,84)(H,97,98)/t31-,32+,33+,34+,37-,38-,39-,40-,41-,42-,45-,46-,47-,48-,49-,50-/m0/s1. The zero-order chi connectivity index (χ0) is 76.2. The van der Waals surface area contributed by atoms with E-state index < -0.39 is 223 Å². The predicted molar refractivity (Wildman–Crippen MR) is 364 cm³/mol. The van der Waals surface area contributed by atoms with Crippen molar-refractivity contribution in [1.29, 1.82) is 0 Å². The molecule has 0 aliphatic carbocycles. The predicted octanol–water partition coefficient (Wildman–Crippen LogP) is -4.35. The molecule has 1 aliphatic rings. The fourth-order valence-corrected chi connectivity index (χ4v) is 11.0. The van der Waals surface area contributed by atoms with Gasteiger partial charge < -0.3 is 105 Å². The average Bonchev–Trinajstić information content (AvgIpc) is 1.69. The van der Waals surface area contributed by atoms with E-state index in [9.17, 15) is 108 Å². The van der Waals surface area contributed by atoms with Crippen LogP contribution >= 0.6 is 23.5 Å². The summed E-state index contributed by atoms with van der Waals surface area (Å²) in [6, 6.07) is -14.1. The first-order valence-electron chi connectivity index (χ1n) is 32.5. The van der Waals surface area contributed by atoms with Gasteiger partial charge in [0.15, 0.2) is 6.04 Å². The number of hydrogen-bond donors (Lipinski definition) is 19. The maximum absolute atomic E-state index is 14.3. The highest BCUT2D eigenvalue weighted by Crippen LogP contribution is 2.22. The number of phenols is 1. The SMILES string of the molecule is CSCC[C@H](NC(=O)[C@H](CCC(=O)O)NC(=O)[C@H](C)NC(=O)[C@@H](NC(=O)[C@@H](NC(=O)[C@@H]1CCCN1C(=O)[C@H](Cc1ccc(O)cc1)NC(=O)[C@@H](N)[C@@H](C)O)C(C)C)C(C)C)C(=O)N[C@H](C(=O)N[C@@H](CCSC)C(=O)N[C@H](C(=O)N[C@@H](CC(=O)O)C(=O)N[C@H](C(=O)O)[C@@H](C)O)C(C)C)[C@@H](C)O. The number of thioether (sulfide) groups is 2. The van der Waals surface area contributed by atoms with Gasteiger partial charge in [0, 0.05) is 19.4 Å². The summed E-state index contributed by atoms with van der Waals surface area (Å²) in [7, 11) is 0. The Morgan fingerprint density at radius 1 is 0.470 bits per heavy atom. The highest BCUT2D eigenvalue weighted by Gasteiger charge is 2.42. The summed E-state index contributed by atoms with van der Waals surface area (Å²) in [5.41, 5.74) is 6.41. The summed E-state index contributed by atoms with van der Waals surface area (Å²) in [5.74, 6) is -18.0. The highest BCUT2D eigenvalue weighted by molar-refractivity contribution is 7.98. The molecule has 1 saturated heterocycles. The van der Waals surface area contributed by atoms with Gasteiger partial charge in [-0.3, -0.25) is 67.1 Å². The van der Waals surface area contributed by atoms with Crippen LogP contribution in [-0.4, -0.2) is 257 Å². The Labute approximate surface area is 588 Å². The number of aliphatic hydroxyl groups excluding tert-OH is 3. The van der Waals surface area contributed by atoms with Crippen LogP contribution in [-0.2, 0) is 78.3 Å². The minimum Gasteiger partial charge on any atom is -0.508 e. The van der Waals surface area contributed by atoms with Crippen molar-refractivity contribution in [2.24, 2.45) is 23.5 Å². The molecule has 35 nitrogen and oxygen atoms in total. The van der Waals surface area contributed by atoms with Crippen molar-refractivity contribution in [3.05, 3.63) is 29.8 Å². The minimum absolute atomic E-state index is 0.0510. The monoisotopic (exact) mass is 1460 g/mol. The number of nitrogens with one attached hydrogen (secondary N) is 11. The van der Waals surface area contributed by atoms with E-state index in [1.807, 2.05) is 5.32 Å². The third-order valence-corrected chi connectivity index (χ3v) is 17.3. The number of aliphatic hydroxyl groups is 3. The Hall–Kier alpha value is -8.39. The van der Waals surface area contributed by atoms with E-state index in [1.54, 1.807) is 40.2 Å². The highest BCUT2D eigenvalue weighted by atomic mass is 32.2. The third kappa shape index (κ3) is 28.7. The van der Waals surface area contributed by atoms with Gasteiger partial charge in [0.25, 0.3) is 0 Å². The zero-order valence-corrected chi connectivity index (χ0v) is 59.8. The number of carbonyl (C=O) groups is 15. The van der Waals surface area contributed by atoms with Crippen molar-refractivity contribution in [1.82, 2.24) is 63.4 Å². The van der Waals surface area contributed by atoms with Crippen molar-refractivity contribution in [3.8, 4) is 5.75 Å². The number of aromatic hydroxyl groups is 1. The molecule has 100 heavy (non-hydrogen) atoms. The van der Waals surface area contributed by atoms with Gasteiger partial charge in [-0.05, 0) is 119 Å². The normalized spacial score (nSPS) is 17.4. The number of carboxylic acid groups (broad SMARTS) is 3. The second-order valence-electron chi connectivity index (χ2n) is 25.4. The lowest BCUT2D eigenvalue weighted by atomic mass is 9.99. The molecule has 1 fully saturated rings. The maximum Gasteiger partial charge on any atom is 0.328 e. The molecule has 16 atom stereocenters. The van der Waals surface area contributed by atoms with Gasteiger partial charge in [0.1, 0.15) is 78.3 Å². The summed E-state index contributed by atoms with van der Waals surface area (Å²) in [5, 5.41) is 95.9. The first-order valence-corrected chi connectivity index (χ1v) is 35.3. The van der Waals surface area contributed by atoms with Crippen molar-refractivity contribution >= 4 is 112 Å². The van der Waals surface area contributed by atoms with E-state index in [1.165, 1.54) is 80.4 Å². The summed E-state index contributed by atoms with van der Waals surface area (Å²) in [6.07, 6.45) is -3.43. The van der Waals surface area contributed by atoms with Crippen LogP contribution in [0.15, 0.2) is 24.3 Å². The lowest BCUT2D eigenvalue weighted by Crippen LogP contribution is -2.62. The van der Waals surface area contributed by atoms with E-state index in [0.717, 1.165) is 13.8 Å². The Morgan fingerprint density at radius 2 is 0.870 bits per heavy atom. The topological polar surface area (TPSA) is 559 Å². The second kappa shape index (κ2) is 42.7. The number of carboxylic acids is 3. The van der Waals surface area contributed by atoms with Gasteiger partial charge in [0.05, 0.1) is 24.7 Å². The first kappa shape index (κ1) is 87.7. The molecule has 0 unspecified atom stereocenters. The van der Waals surface area contributed by atoms with Crippen molar-refractivity contribution in [3.63, 3.8) is 0 Å². The van der Waals surface area contributed by atoms with E-state index >= 15 is 0 Å². The van der Waals surface area contributed by atoms with Crippen LogP contribution in [0.2, 0.25) is 0 Å². The molecule has 0 radical (unpaired) electrons. The van der Waals surface area contributed by atoms with Gasteiger partial charge in [-0.15, -0.1) is 0 Å². The number of nitrogens with two attached hydrogens (primary N) is 1. The number of likely N-dealkylation sites (tertiary alicyclic amines) is 1. The number of nitrogens with zero attached hydrogens (tertiary/aromatic N) is 1. The number of amides is 12. The number of phenolic OH excluding ortho intramolecular Hbond substituents is 1. The van der Waals surface area contributed by atoms with Crippen LogP contribution < -0.4 is 64.2 Å². The van der Waals surface area contributed by atoms with Crippen LogP contribution in [0.1, 0.15) is 120 Å². The van der Waals surface area contributed by atoms with Crippen LogP contribution in [0.4, 0.5) is 0 Å². The van der Waals surface area contributed by atoms with E-state index in [4.69, 9.17) is 5.73 Å². The summed E-state index contributed by atoms with van der Waals surface area (Å²) in [4.78, 5) is 203. The molecule has 0 bridgehead atoms. The molecule has 20 N–H and O–H groups in total. The lowest BCUT2D eigenvalue weighted by molar-refractivity contribution is -0.146. The molecule has 1 heterocycles. The molecule has 37 heteroatoms. The van der Waals surface area contributed by atoms with Crippen LogP contribution in [0, 0.1) is 17.8 Å². The van der Waals surface area contributed by atoms with Crippen molar-refractivity contribution in [2.45, 2.75) is 217 Å². The van der Waals surface area contributed by atoms with Crippen molar-refractivity contribution in [2.75, 3.05) is 30.6 Å². The number of rotatable bonds is 43. The number of aliphatic carboxylic acids is 3. The van der Waals surface area contributed by atoms with Crippen molar-refractivity contribution < 1.29 is 108 Å². The van der Waals surface area contributed by atoms with Gasteiger partial charge >= 0.3 is 17.9 Å². The number of hydrogen-bond acceptors (Lipinski definition) is 22. The molecule has 0 saturated carbocycles. The second-order valence-corrected chi connectivity index (χ2v) is 27.4. The fraction of sp³-hybridized carbons (Fsp3) is 0.667. The Morgan fingerprint density at radius 3 is 1.34 bits per heavy atom. The summed E-state index contributed by atoms with van der Waals surface area (Å²) in [6.45, 7) is 14.1. The summed E-state index contributed by atoms with van der Waals surface area (Å²) >= 11 is 2.47. The number of carbonyl (C=O) groups excluding carboxylic acids is 12. The Kier molecular flexibility index (Phi) is 37.4. The minimum atomic E-state index is -1.90. The largest absolute Gasteiger partial charge is 0.508 e. The Balaban J connectivity index is 2.33. The summed E-state index contributed by atoms with van der Waals surface area (Å²) < 4.78 is 0. The van der Waals surface area contributed by atoms with E-state index in [0.29, 0.717) is 12.0 Å². The molecule has 1 aromatic rings. The van der Waals surface area contributed by atoms with Crippen LogP contribution in [0.25, 0.3) is 0 Å². The van der Waals surface area contributed by atoms with E-state index in [-0.39, 0.29) is 49.5 Å². The molecule has 1 aliphatic heterocycles. The molecular formula is C63H101N13O22S2.